The summed E-state index contributed by atoms with van der Waals surface area (Å²) in [5, 5.41) is 3.07. The van der Waals surface area contributed by atoms with E-state index >= 15 is 0 Å². The highest BCUT2D eigenvalue weighted by Gasteiger charge is 2.61. The van der Waals surface area contributed by atoms with Gasteiger partial charge in [-0.1, -0.05) is 48.7 Å². The van der Waals surface area contributed by atoms with Crippen molar-refractivity contribution in [3.05, 3.63) is 59.7 Å². The van der Waals surface area contributed by atoms with Gasteiger partial charge in [-0.25, -0.2) is 0 Å². The molecule has 2 heterocycles. The SMILES string of the molecule is Cc1ccc(N2C(=O)CS[C@@]23C(=O)N(CC(=O)NC2CCCC2)c2ccccc23)cc1. The molecule has 5 rings (SSSR count). The van der Waals surface area contributed by atoms with Gasteiger partial charge in [0.2, 0.25) is 16.7 Å². The van der Waals surface area contributed by atoms with E-state index in [2.05, 4.69) is 5.32 Å². The first kappa shape index (κ1) is 20.1. The maximum atomic E-state index is 13.9. The first-order chi connectivity index (χ1) is 15.0. The number of fused-ring (bicyclic) bond motifs is 2. The molecular formula is C24H25N3O3S. The number of carbonyl (C=O) groups excluding carboxylic acids is 3. The van der Waals surface area contributed by atoms with Crippen LogP contribution in [0, 0.1) is 6.92 Å². The van der Waals surface area contributed by atoms with Crippen LogP contribution in [-0.4, -0.2) is 36.1 Å². The molecule has 1 spiro atoms. The number of thioether (sulfide) groups is 1. The second-order valence-electron chi connectivity index (χ2n) is 8.45. The lowest BCUT2D eigenvalue weighted by Gasteiger charge is -2.33. The molecule has 2 aromatic carbocycles. The summed E-state index contributed by atoms with van der Waals surface area (Å²) in [7, 11) is 0. The fraction of sp³-hybridized carbons (Fsp3) is 0.375. The van der Waals surface area contributed by atoms with Gasteiger partial charge in [-0.05, 0) is 38.0 Å². The highest BCUT2D eigenvalue weighted by molar-refractivity contribution is 8.02. The van der Waals surface area contributed by atoms with Gasteiger partial charge in [0.25, 0.3) is 5.91 Å². The number of rotatable bonds is 4. The minimum atomic E-state index is -1.17. The summed E-state index contributed by atoms with van der Waals surface area (Å²) in [4.78, 5) is 41.6. The molecule has 0 bridgehead atoms. The summed E-state index contributed by atoms with van der Waals surface area (Å²) in [6, 6.07) is 15.3. The fourth-order valence-corrected chi connectivity index (χ4v) is 6.25. The molecule has 2 fully saturated rings. The van der Waals surface area contributed by atoms with E-state index in [4.69, 9.17) is 0 Å². The molecular weight excluding hydrogens is 410 g/mol. The molecule has 2 aromatic rings. The van der Waals surface area contributed by atoms with Gasteiger partial charge in [-0.3, -0.25) is 24.2 Å². The van der Waals surface area contributed by atoms with Crippen LogP contribution >= 0.6 is 11.8 Å². The smallest absolute Gasteiger partial charge is 0.269 e. The number of hydrogen-bond donors (Lipinski definition) is 1. The summed E-state index contributed by atoms with van der Waals surface area (Å²) in [5.41, 5.74) is 3.25. The van der Waals surface area contributed by atoms with Crippen LogP contribution in [0.4, 0.5) is 11.4 Å². The highest BCUT2D eigenvalue weighted by Crippen LogP contribution is 2.55. The Balaban J connectivity index is 1.51. The molecule has 1 saturated carbocycles. The van der Waals surface area contributed by atoms with E-state index in [-0.39, 0.29) is 36.1 Å². The highest BCUT2D eigenvalue weighted by atomic mass is 32.2. The van der Waals surface area contributed by atoms with Gasteiger partial charge in [-0.15, -0.1) is 11.8 Å². The van der Waals surface area contributed by atoms with E-state index in [1.54, 1.807) is 9.80 Å². The van der Waals surface area contributed by atoms with Crippen molar-refractivity contribution in [2.75, 3.05) is 22.1 Å². The topological polar surface area (TPSA) is 69.7 Å². The molecule has 1 saturated heterocycles. The minimum absolute atomic E-state index is 0.0371. The van der Waals surface area contributed by atoms with Crippen LogP contribution in [0.5, 0.6) is 0 Å². The number of nitrogens with one attached hydrogen (secondary N) is 1. The standard InChI is InChI=1S/C24H25N3O3S/c1-16-10-12-18(13-11-16)27-22(29)15-31-24(27)19-8-4-5-9-20(19)26(23(24)30)14-21(28)25-17-6-2-3-7-17/h4-5,8-13,17H,2-3,6-7,14-15H2,1H3,(H,25,28)/t24-/m0/s1. The van der Waals surface area contributed by atoms with Crippen LogP contribution in [0.1, 0.15) is 36.8 Å². The van der Waals surface area contributed by atoms with E-state index in [9.17, 15) is 14.4 Å². The van der Waals surface area contributed by atoms with Gasteiger partial charge in [0, 0.05) is 17.3 Å². The monoisotopic (exact) mass is 435 g/mol. The third-order valence-electron chi connectivity index (χ3n) is 6.38. The van der Waals surface area contributed by atoms with Crippen molar-refractivity contribution in [1.82, 2.24) is 5.32 Å². The van der Waals surface area contributed by atoms with Crippen molar-refractivity contribution in [1.29, 1.82) is 0 Å². The number of nitrogens with zero attached hydrogens (tertiary/aromatic N) is 2. The Morgan fingerprint density at radius 3 is 2.55 bits per heavy atom. The average Bonchev–Trinajstić information content (AvgIpc) is 3.45. The molecule has 7 heteroatoms. The van der Waals surface area contributed by atoms with Gasteiger partial charge in [0.15, 0.2) is 0 Å². The molecule has 2 aliphatic heterocycles. The number of anilines is 2. The number of aryl methyl sites for hydroxylation is 1. The molecule has 1 N–H and O–H groups in total. The lowest BCUT2D eigenvalue weighted by Crippen LogP contribution is -2.51. The third-order valence-corrected chi connectivity index (χ3v) is 7.76. The maximum Gasteiger partial charge on any atom is 0.269 e. The van der Waals surface area contributed by atoms with Crippen LogP contribution in [0.25, 0.3) is 0 Å². The quantitative estimate of drug-likeness (QED) is 0.800. The predicted octanol–water partition coefficient (Wildman–Crippen LogP) is 3.33. The van der Waals surface area contributed by atoms with Crippen molar-refractivity contribution in [3.8, 4) is 0 Å². The zero-order valence-corrected chi connectivity index (χ0v) is 18.3. The van der Waals surface area contributed by atoms with E-state index in [1.807, 2.05) is 55.5 Å². The van der Waals surface area contributed by atoms with E-state index in [0.29, 0.717) is 11.4 Å². The largest absolute Gasteiger partial charge is 0.352 e. The van der Waals surface area contributed by atoms with Gasteiger partial charge in [0.05, 0.1) is 11.4 Å². The van der Waals surface area contributed by atoms with E-state index < -0.39 is 4.87 Å². The molecule has 0 aromatic heterocycles. The Kier molecular flexibility index (Phi) is 5.01. The Labute approximate surface area is 186 Å². The Morgan fingerprint density at radius 2 is 1.81 bits per heavy atom. The third kappa shape index (κ3) is 3.22. The van der Waals surface area contributed by atoms with Crippen molar-refractivity contribution in [2.24, 2.45) is 0 Å². The van der Waals surface area contributed by atoms with Gasteiger partial charge in [-0.2, -0.15) is 0 Å². The van der Waals surface area contributed by atoms with Gasteiger partial charge >= 0.3 is 0 Å². The fourth-order valence-electron chi connectivity index (χ4n) is 4.89. The van der Waals surface area contributed by atoms with Crippen molar-refractivity contribution in [2.45, 2.75) is 43.5 Å². The number of hydrogen-bond acceptors (Lipinski definition) is 4. The van der Waals surface area contributed by atoms with Gasteiger partial charge in [0.1, 0.15) is 6.54 Å². The predicted molar refractivity (Wildman–Crippen MR) is 122 cm³/mol. The molecule has 31 heavy (non-hydrogen) atoms. The first-order valence-electron chi connectivity index (χ1n) is 10.8. The summed E-state index contributed by atoms with van der Waals surface area (Å²) in [6.45, 7) is 1.95. The van der Waals surface area contributed by atoms with Crippen molar-refractivity contribution < 1.29 is 14.4 Å². The molecule has 160 valence electrons. The minimum Gasteiger partial charge on any atom is -0.352 e. The van der Waals surface area contributed by atoms with E-state index in [1.165, 1.54) is 11.8 Å². The van der Waals surface area contributed by atoms with Crippen LogP contribution in [0.3, 0.4) is 0 Å². The number of para-hydroxylation sites is 1. The lowest BCUT2D eigenvalue weighted by atomic mass is 10.0. The van der Waals surface area contributed by atoms with Gasteiger partial charge < -0.3 is 5.32 Å². The molecule has 6 nitrogen and oxygen atoms in total. The number of amides is 3. The number of benzene rings is 2. The lowest BCUT2D eigenvalue weighted by molar-refractivity contribution is -0.126. The molecule has 0 radical (unpaired) electrons. The number of carbonyl (C=O) groups is 3. The molecule has 3 aliphatic rings. The zero-order chi connectivity index (χ0) is 21.6. The molecule has 1 aliphatic carbocycles. The van der Waals surface area contributed by atoms with Crippen LogP contribution < -0.4 is 15.1 Å². The Morgan fingerprint density at radius 1 is 1.10 bits per heavy atom. The Bertz CT molecular complexity index is 1050. The van der Waals surface area contributed by atoms with Crippen LogP contribution in [-0.2, 0) is 19.3 Å². The zero-order valence-electron chi connectivity index (χ0n) is 17.5. The van der Waals surface area contributed by atoms with E-state index in [0.717, 1.165) is 36.8 Å². The van der Waals surface area contributed by atoms with Crippen molar-refractivity contribution >= 4 is 40.9 Å². The summed E-state index contributed by atoms with van der Waals surface area (Å²) >= 11 is 1.34. The Hall–Kier alpha value is -2.80. The summed E-state index contributed by atoms with van der Waals surface area (Å²) < 4.78 is 0. The van der Waals surface area contributed by atoms with Crippen molar-refractivity contribution in [3.63, 3.8) is 0 Å². The second kappa shape index (κ2) is 7.71. The summed E-state index contributed by atoms with van der Waals surface area (Å²) in [6.07, 6.45) is 4.24. The average molecular weight is 436 g/mol. The molecule has 1 atom stereocenters. The molecule has 0 unspecified atom stereocenters. The first-order valence-corrected chi connectivity index (χ1v) is 11.7. The van der Waals surface area contributed by atoms with Crippen LogP contribution in [0.2, 0.25) is 0 Å². The second-order valence-corrected chi connectivity index (χ2v) is 9.62. The van der Waals surface area contributed by atoms with Crippen LogP contribution in [0.15, 0.2) is 48.5 Å². The molecule has 3 amide bonds. The normalized spacial score (nSPS) is 23.1. The summed E-state index contributed by atoms with van der Waals surface area (Å²) in [5.74, 6) is -0.264. The maximum absolute atomic E-state index is 13.9.